The lowest BCUT2D eigenvalue weighted by Gasteiger charge is -2.29. The number of rotatable bonds is 9. The Morgan fingerprint density at radius 3 is 2.21 bits per heavy atom. The van der Waals surface area contributed by atoms with E-state index in [9.17, 15) is 13.2 Å². The third kappa shape index (κ3) is 6.12. The van der Waals surface area contributed by atoms with Crippen LogP contribution in [0, 0.1) is 0 Å². The van der Waals surface area contributed by atoms with Gasteiger partial charge in [-0.3, -0.25) is 4.79 Å². The smallest absolute Gasteiger partial charge is 0.306 e. The van der Waals surface area contributed by atoms with E-state index in [1.54, 1.807) is 54.5 Å². The van der Waals surface area contributed by atoms with Crippen LogP contribution in [0.25, 0.3) is 0 Å². The fourth-order valence-electron chi connectivity index (χ4n) is 2.79. The normalized spacial score (nSPS) is 12.2. The summed E-state index contributed by atoms with van der Waals surface area (Å²) in [6, 6.07) is 11.9. The molecule has 158 valence electrons. The van der Waals surface area contributed by atoms with Crippen molar-refractivity contribution in [2.45, 2.75) is 32.9 Å². The van der Waals surface area contributed by atoms with Crippen LogP contribution in [0.3, 0.4) is 0 Å². The zero-order chi connectivity index (χ0) is 21.6. The highest BCUT2D eigenvalue weighted by molar-refractivity contribution is 7.86. The molecule has 0 fully saturated rings. The van der Waals surface area contributed by atoms with Crippen molar-refractivity contribution in [2.24, 2.45) is 0 Å². The number of carbonyl (C=O) groups excluding carboxylic acids is 1. The lowest BCUT2D eigenvalue weighted by Crippen LogP contribution is -2.37. The molecule has 8 heteroatoms. The number of methoxy groups -OCH3 is 2. The van der Waals surface area contributed by atoms with E-state index in [0.29, 0.717) is 23.6 Å². The SMILES string of the molecule is CC[C@H](C)N(Cc1ccc(OC)c(OS(C)(=O)=O)c1)C(=O)c1ccc(OC)cc1. The summed E-state index contributed by atoms with van der Waals surface area (Å²) in [4.78, 5) is 14.9. The molecule has 0 aromatic heterocycles. The van der Waals surface area contributed by atoms with Gasteiger partial charge >= 0.3 is 10.1 Å². The van der Waals surface area contributed by atoms with Crippen molar-refractivity contribution in [2.75, 3.05) is 20.5 Å². The average Bonchev–Trinajstić information content (AvgIpc) is 2.70. The van der Waals surface area contributed by atoms with E-state index in [2.05, 4.69) is 0 Å². The minimum absolute atomic E-state index is 0.0222. The highest BCUT2D eigenvalue weighted by Gasteiger charge is 2.22. The van der Waals surface area contributed by atoms with E-state index < -0.39 is 10.1 Å². The van der Waals surface area contributed by atoms with Gasteiger partial charge in [0.1, 0.15) is 5.75 Å². The Kier molecular flexibility index (Phi) is 7.50. The molecule has 0 spiro atoms. The van der Waals surface area contributed by atoms with Crippen LogP contribution in [0.1, 0.15) is 36.2 Å². The van der Waals surface area contributed by atoms with Gasteiger partial charge in [0, 0.05) is 18.2 Å². The van der Waals surface area contributed by atoms with Gasteiger partial charge in [0.2, 0.25) is 0 Å². The molecule has 0 bridgehead atoms. The van der Waals surface area contributed by atoms with E-state index in [-0.39, 0.29) is 17.7 Å². The van der Waals surface area contributed by atoms with Crippen molar-refractivity contribution in [3.05, 3.63) is 53.6 Å². The molecule has 29 heavy (non-hydrogen) atoms. The number of amides is 1. The van der Waals surface area contributed by atoms with Gasteiger partial charge in [-0.2, -0.15) is 8.42 Å². The van der Waals surface area contributed by atoms with Crippen molar-refractivity contribution in [1.82, 2.24) is 4.90 Å². The molecule has 0 unspecified atom stereocenters. The molecule has 1 amide bonds. The first-order valence-corrected chi connectivity index (χ1v) is 11.0. The van der Waals surface area contributed by atoms with Gasteiger partial charge in [-0.05, 0) is 55.3 Å². The highest BCUT2D eigenvalue weighted by Crippen LogP contribution is 2.30. The van der Waals surface area contributed by atoms with Crippen molar-refractivity contribution >= 4 is 16.0 Å². The molecule has 0 aliphatic carbocycles. The summed E-state index contributed by atoms with van der Waals surface area (Å²) in [5.74, 6) is 0.946. The molecule has 0 aliphatic rings. The summed E-state index contributed by atoms with van der Waals surface area (Å²) in [6.45, 7) is 4.27. The maximum atomic E-state index is 13.1. The van der Waals surface area contributed by atoms with Crippen molar-refractivity contribution in [3.8, 4) is 17.2 Å². The number of carbonyl (C=O) groups is 1. The van der Waals surface area contributed by atoms with Crippen LogP contribution in [-0.4, -0.2) is 45.7 Å². The molecule has 2 aromatic carbocycles. The second-order valence-electron chi connectivity index (χ2n) is 6.69. The second kappa shape index (κ2) is 9.65. The summed E-state index contributed by atoms with van der Waals surface area (Å²) < 4.78 is 38.5. The lowest BCUT2D eigenvalue weighted by molar-refractivity contribution is 0.0671. The number of ether oxygens (including phenoxy) is 2. The van der Waals surface area contributed by atoms with E-state index >= 15 is 0 Å². The summed E-state index contributed by atoms with van der Waals surface area (Å²) >= 11 is 0. The number of hydrogen-bond donors (Lipinski definition) is 0. The van der Waals surface area contributed by atoms with Crippen molar-refractivity contribution < 1.29 is 26.9 Å². The fraction of sp³-hybridized carbons (Fsp3) is 0.381. The second-order valence-corrected chi connectivity index (χ2v) is 8.27. The minimum Gasteiger partial charge on any atom is -0.497 e. The van der Waals surface area contributed by atoms with Crippen LogP contribution < -0.4 is 13.7 Å². The van der Waals surface area contributed by atoms with Crippen LogP contribution in [0.15, 0.2) is 42.5 Å². The topological polar surface area (TPSA) is 82.1 Å². The summed E-state index contributed by atoms with van der Waals surface area (Å²) in [6.07, 6.45) is 1.74. The molecule has 0 aliphatic heterocycles. The van der Waals surface area contributed by atoms with Crippen molar-refractivity contribution in [1.29, 1.82) is 0 Å². The van der Waals surface area contributed by atoms with Gasteiger partial charge in [0.15, 0.2) is 11.5 Å². The quantitative estimate of drug-likeness (QED) is 0.577. The molecule has 1 atom stereocenters. The zero-order valence-corrected chi connectivity index (χ0v) is 18.2. The van der Waals surface area contributed by atoms with Gasteiger partial charge in [-0.15, -0.1) is 0 Å². The number of hydrogen-bond acceptors (Lipinski definition) is 6. The molecule has 2 rings (SSSR count). The Hall–Kier alpha value is -2.74. The Balaban J connectivity index is 2.34. The van der Waals surface area contributed by atoms with Gasteiger partial charge in [0.05, 0.1) is 20.5 Å². The summed E-state index contributed by atoms with van der Waals surface area (Å²) in [5, 5.41) is 0. The maximum Gasteiger partial charge on any atom is 0.306 e. The number of nitrogens with zero attached hydrogens (tertiary/aromatic N) is 1. The first kappa shape index (κ1) is 22.5. The summed E-state index contributed by atoms with van der Waals surface area (Å²) in [5.41, 5.74) is 1.28. The monoisotopic (exact) mass is 421 g/mol. The van der Waals surface area contributed by atoms with Gasteiger partial charge in [0.25, 0.3) is 5.91 Å². The van der Waals surface area contributed by atoms with Gasteiger partial charge in [-0.25, -0.2) is 0 Å². The molecular formula is C21H27NO6S. The van der Waals surface area contributed by atoms with Crippen LogP contribution >= 0.6 is 0 Å². The first-order valence-electron chi connectivity index (χ1n) is 9.19. The van der Waals surface area contributed by atoms with E-state index in [1.165, 1.54) is 7.11 Å². The molecule has 0 N–H and O–H groups in total. The molecule has 7 nitrogen and oxygen atoms in total. The van der Waals surface area contributed by atoms with Crippen LogP contribution in [0.5, 0.6) is 17.2 Å². The summed E-state index contributed by atoms with van der Waals surface area (Å²) in [7, 11) is -0.709. The minimum atomic E-state index is -3.71. The number of benzene rings is 2. The fourth-order valence-corrected chi connectivity index (χ4v) is 3.25. The average molecular weight is 422 g/mol. The standard InChI is InChI=1S/C21H27NO6S/c1-6-15(2)22(21(23)17-8-10-18(26-3)11-9-17)14-16-7-12-19(27-4)20(13-16)28-29(5,24)25/h7-13,15H,6,14H2,1-5H3/t15-/m0/s1. The third-order valence-electron chi connectivity index (χ3n) is 4.54. The maximum absolute atomic E-state index is 13.1. The Labute approximate surface area is 172 Å². The van der Waals surface area contributed by atoms with Crippen molar-refractivity contribution in [3.63, 3.8) is 0 Å². The van der Waals surface area contributed by atoms with Crippen LogP contribution in [-0.2, 0) is 16.7 Å². The third-order valence-corrected chi connectivity index (χ3v) is 5.03. The van der Waals surface area contributed by atoms with E-state index in [1.807, 2.05) is 13.8 Å². The molecule has 0 saturated carbocycles. The molecule has 2 aromatic rings. The van der Waals surface area contributed by atoms with E-state index in [0.717, 1.165) is 18.2 Å². The van der Waals surface area contributed by atoms with Gasteiger partial charge < -0.3 is 18.6 Å². The molecule has 0 heterocycles. The Bertz CT molecular complexity index is 940. The van der Waals surface area contributed by atoms with Crippen LogP contribution in [0.2, 0.25) is 0 Å². The first-order chi connectivity index (χ1) is 13.7. The van der Waals surface area contributed by atoms with Gasteiger partial charge in [-0.1, -0.05) is 13.0 Å². The molecule has 0 radical (unpaired) electrons. The zero-order valence-electron chi connectivity index (χ0n) is 17.3. The van der Waals surface area contributed by atoms with Crippen LogP contribution in [0.4, 0.5) is 0 Å². The highest BCUT2D eigenvalue weighted by atomic mass is 32.2. The Morgan fingerprint density at radius 2 is 1.69 bits per heavy atom. The molecular weight excluding hydrogens is 394 g/mol. The predicted octanol–water partition coefficient (Wildman–Crippen LogP) is 3.48. The molecule has 0 saturated heterocycles. The van der Waals surface area contributed by atoms with E-state index in [4.69, 9.17) is 13.7 Å². The lowest BCUT2D eigenvalue weighted by atomic mass is 10.1. The Morgan fingerprint density at radius 1 is 1.03 bits per heavy atom. The largest absolute Gasteiger partial charge is 0.497 e. The predicted molar refractivity (Wildman–Crippen MR) is 111 cm³/mol.